The third-order valence-electron chi connectivity index (χ3n) is 3.25. The number of carbonyl (C=O) groups is 1. The first-order valence-electron chi connectivity index (χ1n) is 6.67. The highest BCUT2D eigenvalue weighted by molar-refractivity contribution is 5.76. The van der Waals surface area contributed by atoms with Gasteiger partial charge in [0.2, 0.25) is 5.91 Å². The van der Waals surface area contributed by atoms with Gasteiger partial charge in [-0.25, -0.2) is 5.43 Å². The van der Waals surface area contributed by atoms with Gasteiger partial charge in [-0.05, 0) is 30.7 Å². The molecular weight excluding hydrogens is 242 g/mol. The van der Waals surface area contributed by atoms with Gasteiger partial charge >= 0.3 is 0 Å². The summed E-state index contributed by atoms with van der Waals surface area (Å²) in [6, 6.07) is 7.86. The largest absolute Gasteiger partial charge is 0.497 e. The first-order valence-corrected chi connectivity index (χ1v) is 6.67. The van der Waals surface area contributed by atoms with Crippen LogP contribution >= 0.6 is 0 Å². The predicted octanol–water partition coefficient (Wildman–Crippen LogP) is 1.95. The number of carbonyl (C=O) groups excluding carboxylic acids is 1. The van der Waals surface area contributed by atoms with Crippen molar-refractivity contribution < 1.29 is 9.53 Å². The Balaban J connectivity index is 1.91. The molecule has 0 radical (unpaired) electrons. The average molecular weight is 263 g/mol. The van der Waals surface area contributed by atoms with Gasteiger partial charge < -0.3 is 9.64 Å². The van der Waals surface area contributed by atoms with Gasteiger partial charge in [-0.3, -0.25) is 9.80 Å². The van der Waals surface area contributed by atoms with E-state index in [0.29, 0.717) is 19.8 Å². The number of nitrogens with one attached hydrogen (secondary N) is 1. The van der Waals surface area contributed by atoms with Crippen molar-refractivity contribution in [3.05, 3.63) is 24.3 Å². The van der Waals surface area contributed by atoms with Crippen LogP contribution in [0.25, 0.3) is 0 Å². The second kappa shape index (κ2) is 6.43. The maximum atomic E-state index is 11.9. The van der Waals surface area contributed by atoms with Crippen molar-refractivity contribution in [1.82, 2.24) is 10.4 Å². The monoisotopic (exact) mass is 263 g/mol. The summed E-state index contributed by atoms with van der Waals surface area (Å²) < 4.78 is 5.14. The van der Waals surface area contributed by atoms with Gasteiger partial charge in [0.15, 0.2) is 0 Å². The Kier molecular flexibility index (Phi) is 4.63. The van der Waals surface area contributed by atoms with Crippen LogP contribution in [0.4, 0.5) is 5.69 Å². The molecule has 1 heterocycles. The minimum Gasteiger partial charge on any atom is -0.497 e. The van der Waals surface area contributed by atoms with Crippen LogP contribution < -0.4 is 15.1 Å². The van der Waals surface area contributed by atoms with Crippen molar-refractivity contribution in [2.45, 2.75) is 26.2 Å². The van der Waals surface area contributed by atoms with E-state index in [1.54, 1.807) is 12.1 Å². The highest BCUT2D eigenvalue weighted by Crippen LogP contribution is 2.20. The molecule has 1 aromatic carbocycles. The third-order valence-corrected chi connectivity index (χ3v) is 3.25. The molecule has 0 bridgehead atoms. The molecule has 1 aromatic rings. The normalized spacial score (nSPS) is 14.8. The Morgan fingerprint density at radius 2 is 2.11 bits per heavy atom. The first kappa shape index (κ1) is 13.7. The van der Waals surface area contributed by atoms with Gasteiger partial charge in [-0.2, -0.15) is 0 Å². The summed E-state index contributed by atoms with van der Waals surface area (Å²) in [5.41, 5.74) is 4.20. The molecule has 0 saturated carbocycles. The summed E-state index contributed by atoms with van der Waals surface area (Å²) in [4.78, 5) is 14.0. The van der Waals surface area contributed by atoms with E-state index in [1.807, 2.05) is 24.3 Å². The van der Waals surface area contributed by atoms with Crippen molar-refractivity contribution in [2.24, 2.45) is 0 Å². The van der Waals surface area contributed by atoms with E-state index in [2.05, 4.69) is 17.2 Å². The second-order valence-electron chi connectivity index (χ2n) is 4.62. The van der Waals surface area contributed by atoms with Crippen molar-refractivity contribution >= 4 is 11.6 Å². The standard InChI is InChI=1S/C14H21N3O2/c1-3-4-5-14(18)17-11-16(10-15-17)12-6-8-13(19-2)9-7-12/h6-9,15H,3-5,10-11H2,1-2H3. The number of amides is 1. The molecule has 0 aliphatic carbocycles. The van der Waals surface area contributed by atoms with Crippen molar-refractivity contribution in [3.8, 4) is 5.75 Å². The number of anilines is 1. The molecular formula is C14H21N3O2. The topological polar surface area (TPSA) is 44.8 Å². The Morgan fingerprint density at radius 3 is 2.74 bits per heavy atom. The summed E-state index contributed by atoms with van der Waals surface area (Å²) in [6.45, 7) is 3.34. The van der Waals surface area contributed by atoms with Crippen LogP contribution in [0.2, 0.25) is 0 Å². The SMILES string of the molecule is CCCCC(=O)N1CN(c2ccc(OC)cc2)CN1. The lowest BCUT2D eigenvalue weighted by Crippen LogP contribution is -2.36. The fourth-order valence-corrected chi connectivity index (χ4v) is 2.04. The van der Waals surface area contributed by atoms with Crippen LogP contribution in [-0.4, -0.2) is 31.4 Å². The van der Waals surface area contributed by atoms with Gasteiger partial charge in [0.05, 0.1) is 13.8 Å². The lowest BCUT2D eigenvalue weighted by Gasteiger charge is -2.18. The van der Waals surface area contributed by atoms with Gasteiger partial charge in [0.1, 0.15) is 12.4 Å². The zero-order valence-electron chi connectivity index (χ0n) is 11.6. The molecule has 1 saturated heterocycles. The fraction of sp³-hybridized carbons (Fsp3) is 0.500. The van der Waals surface area contributed by atoms with Crippen LogP contribution in [-0.2, 0) is 4.79 Å². The number of nitrogens with zero attached hydrogens (tertiary/aromatic N) is 2. The van der Waals surface area contributed by atoms with E-state index in [9.17, 15) is 4.79 Å². The summed E-state index contributed by atoms with van der Waals surface area (Å²) in [6.07, 6.45) is 2.60. The molecule has 1 N–H and O–H groups in total. The van der Waals surface area contributed by atoms with Gasteiger partial charge in [-0.15, -0.1) is 0 Å². The van der Waals surface area contributed by atoms with Crippen molar-refractivity contribution in [1.29, 1.82) is 0 Å². The quantitative estimate of drug-likeness (QED) is 0.882. The lowest BCUT2D eigenvalue weighted by molar-refractivity contribution is -0.132. The molecule has 1 aliphatic rings. The predicted molar refractivity (Wildman–Crippen MR) is 74.7 cm³/mol. The second-order valence-corrected chi connectivity index (χ2v) is 4.62. The molecule has 5 nitrogen and oxygen atoms in total. The minimum atomic E-state index is 0.165. The number of ether oxygens (including phenoxy) is 1. The minimum absolute atomic E-state index is 0.165. The lowest BCUT2D eigenvalue weighted by atomic mass is 10.2. The van der Waals surface area contributed by atoms with Crippen LogP contribution in [0.1, 0.15) is 26.2 Å². The first-order chi connectivity index (χ1) is 9.24. The van der Waals surface area contributed by atoms with Gasteiger partial charge in [0, 0.05) is 12.1 Å². The molecule has 2 rings (SSSR count). The smallest absolute Gasteiger partial charge is 0.238 e. The van der Waals surface area contributed by atoms with E-state index in [-0.39, 0.29) is 5.91 Å². The zero-order chi connectivity index (χ0) is 13.7. The average Bonchev–Trinajstić information content (AvgIpc) is 2.94. The highest BCUT2D eigenvalue weighted by Gasteiger charge is 2.23. The maximum absolute atomic E-state index is 11.9. The van der Waals surface area contributed by atoms with Crippen molar-refractivity contribution in [2.75, 3.05) is 25.3 Å². The number of hydrogen-bond donors (Lipinski definition) is 1. The fourth-order valence-electron chi connectivity index (χ4n) is 2.04. The number of rotatable bonds is 5. The molecule has 0 aromatic heterocycles. The number of unbranched alkanes of at least 4 members (excludes halogenated alkanes) is 1. The summed E-state index contributed by atoms with van der Waals surface area (Å²) in [7, 11) is 1.65. The Labute approximate surface area is 114 Å². The Morgan fingerprint density at radius 1 is 1.37 bits per heavy atom. The van der Waals surface area contributed by atoms with Crippen LogP contribution in [0, 0.1) is 0 Å². The van der Waals surface area contributed by atoms with E-state index in [0.717, 1.165) is 24.3 Å². The molecule has 19 heavy (non-hydrogen) atoms. The zero-order valence-corrected chi connectivity index (χ0v) is 11.6. The summed E-state index contributed by atoms with van der Waals surface area (Å²) in [5, 5.41) is 1.69. The molecule has 1 fully saturated rings. The Bertz CT molecular complexity index is 419. The van der Waals surface area contributed by atoms with E-state index < -0.39 is 0 Å². The van der Waals surface area contributed by atoms with Crippen LogP contribution in [0.3, 0.4) is 0 Å². The highest BCUT2D eigenvalue weighted by atomic mass is 16.5. The van der Waals surface area contributed by atoms with E-state index in [1.165, 1.54) is 0 Å². The number of methoxy groups -OCH3 is 1. The molecule has 0 spiro atoms. The van der Waals surface area contributed by atoms with Crippen molar-refractivity contribution in [3.63, 3.8) is 0 Å². The molecule has 1 aliphatic heterocycles. The molecule has 104 valence electrons. The van der Waals surface area contributed by atoms with Gasteiger partial charge in [0.25, 0.3) is 0 Å². The maximum Gasteiger partial charge on any atom is 0.238 e. The van der Waals surface area contributed by atoms with E-state index >= 15 is 0 Å². The summed E-state index contributed by atoms with van der Waals surface area (Å²) in [5.74, 6) is 1.00. The molecule has 1 amide bonds. The third kappa shape index (κ3) is 3.38. The van der Waals surface area contributed by atoms with Crippen LogP contribution in [0.5, 0.6) is 5.75 Å². The molecule has 0 unspecified atom stereocenters. The number of benzene rings is 1. The molecule has 5 heteroatoms. The van der Waals surface area contributed by atoms with Crippen LogP contribution in [0.15, 0.2) is 24.3 Å². The molecule has 0 atom stereocenters. The van der Waals surface area contributed by atoms with Gasteiger partial charge in [-0.1, -0.05) is 13.3 Å². The summed E-state index contributed by atoms with van der Waals surface area (Å²) >= 11 is 0. The van der Waals surface area contributed by atoms with E-state index in [4.69, 9.17) is 4.74 Å². The number of hydrazine groups is 1. The number of hydrogen-bond acceptors (Lipinski definition) is 4. The Hall–Kier alpha value is -1.75.